The minimum atomic E-state index is -4.64. The number of phosphoric acid groups is 1. The number of pyridine rings is 4. The van der Waals surface area contributed by atoms with Gasteiger partial charge in [0.2, 0.25) is 0 Å². The van der Waals surface area contributed by atoms with Gasteiger partial charge in [-0.15, -0.1) is 0 Å². The van der Waals surface area contributed by atoms with E-state index in [1.165, 1.54) is 6.07 Å². The van der Waals surface area contributed by atoms with E-state index in [9.17, 15) is 4.39 Å². The lowest BCUT2D eigenvalue weighted by molar-refractivity contribution is 0.275. The molecule has 0 unspecified atom stereocenters. The number of nitrogen functional groups attached to an aromatic ring is 1. The summed E-state index contributed by atoms with van der Waals surface area (Å²) in [6.45, 7) is 0. The Bertz CT molecular complexity index is 1520. The predicted octanol–water partition coefficient (Wildman–Crippen LogP) is 3.70. The van der Waals surface area contributed by atoms with Crippen LogP contribution in [0.5, 0.6) is 0 Å². The van der Waals surface area contributed by atoms with Gasteiger partial charge in [0.25, 0.3) is 0 Å². The molecule has 5 N–H and O–H groups in total. The normalized spacial score (nSPS) is 11.3. The molecule has 0 aliphatic carbocycles. The Labute approximate surface area is 186 Å². The third-order valence-corrected chi connectivity index (χ3v) is 4.71. The molecule has 11 heteroatoms. The van der Waals surface area contributed by atoms with Gasteiger partial charge >= 0.3 is 7.82 Å². The number of anilines is 1. The van der Waals surface area contributed by atoms with Gasteiger partial charge in [-0.05, 0) is 42.5 Å². The number of nitrogens with zero attached hydrogens (tertiary/aromatic N) is 4. The number of rotatable bonds is 2. The average molecular weight is 465 g/mol. The van der Waals surface area contributed by atoms with Crippen LogP contribution in [0.25, 0.3) is 44.3 Å². The first-order valence-electron chi connectivity index (χ1n) is 9.51. The fourth-order valence-electron chi connectivity index (χ4n) is 3.40. The zero-order valence-electron chi connectivity index (χ0n) is 16.9. The van der Waals surface area contributed by atoms with Gasteiger partial charge < -0.3 is 20.4 Å². The molecule has 1 aromatic carbocycles. The molecule has 166 valence electrons. The van der Waals surface area contributed by atoms with Crippen LogP contribution in [-0.2, 0) is 4.57 Å². The zero-order chi connectivity index (χ0) is 23.6. The monoisotopic (exact) mass is 465 g/mol. The maximum Gasteiger partial charge on any atom is 0.466 e. The van der Waals surface area contributed by atoms with E-state index in [2.05, 4.69) is 19.9 Å². The van der Waals surface area contributed by atoms with Crippen LogP contribution in [0.1, 0.15) is 0 Å². The van der Waals surface area contributed by atoms with Crippen molar-refractivity contribution in [2.45, 2.75) is 0 Å². The van der Waals surface area contributed by atoms with Crippen LogP contribution >= 0.6 is 7.82 Å². The Kier molecular flexibility index (Phi) is 6.08. The minimum Gasteiger partial charge on any atom is -0.383 e. The second kappa shape index (κ2) is 8.97. The van der Waals surface area contributed by atoms with Gasteiger partial charge in [0.05, 0.1) is 11.4 Å². The van der Waals surface area contributed by atoms with Crippen molar-refractivity contribution in [1.29, 1.82) is 0 Å². The molecule has 5 aromatic rings. The van der Waals surface area contributed by atoms with E-state index in [0.29, 0.717) is 22.7 Å². The lowest BCUT2D eigenvalue weighted by atomic mass is 9.99. The molecule has 4 heterocycles. The molecule has 0 fully saturated rings. The summed E-state index contributed by atoms with van der Waals surface area (Å²) in [4.78, 5) is 39.3. The molecule has 9 nitrogen and oxygen atoms in total. The third kappa shape index (κ3) is 5.00. The summed E-state index contributed by atoms with van der Waals surface area (Å²) in [5.41, 5.74) is 9.02. The number of hydrogen-bond donors (Lipinski definition) is 4. The van der Waals surface area contributed by atoms with Crippen molar-refractivity contribution >= 4 is 35.4 Å². The summed E-state index contributed by atoms with van der Waals surface area (Å²) in [6.07, 6.45) is 5.02. The van der Waals surface area contributed by atoms with Gasteiger partial charge in [-0.2, -0.15) is 0 Å². The lowest BCUT2D eigenvalue weighted by Crippen LogP contribution is -1.97. The number of benzene rings is 1. The van der Waals surface area contributed by atoms with E-state index in [1.807, 2.05) is 30.3 Å². The van der Waals surface area contributed by atoms with Crippen LogP contribution in [0.2, 0.25) is 0 Å². The number of halogens is 1. The molecule has 0 radical (unpaired) electrons. The Hall–Kier alpha value is -3.82. The molecular formula is C22H17FN5O4P. The lowest BCUT2D eigenvalue weighted by Gasteiger charge is -2.12. The van der Waals surface area contributed by atoms with Crippen molar-refractivity contribution in [3.63, 3.8) is 0 Å². The summed E-state index contributed by atoms with van der Waals surface area (Å²) < 4.78 is 23.3. The summed E-state index contributed by atoms with van der Waals surface area (Å²) >= 11 is 0. The molecule has 0 amide bonds. The highest BCUT2D eigenvalue weighted by Gasteiger charge is 2.16. The Morgan fingerprint density at radius 2 is 1.48 bits per heavy atom. The van der Waals surface area contributed by atoms with E-state index in [1.54, 1.807) is 36.8 Å². The van der Waals surface area contributed by atoms with Gasteiger partial charge in [0.1, 0.15) is 11.6 Å². The molecule has 33 heavy (non-hydrogen) atoms. The van der Waals surface area contributed by atoms with Gasteiger partial charge in [0, 0.05) is 45.9 Å². The first-order chi connectivity index (χ1) is 15.7. The summed E-state index contributed by atoms with van der Waals surface area (Å²) in [5.74, 6) is 0.0996. The second-order valence-electron chi connectivity index (χ2n) is 6.87. The molecule has 0 spiro atoms. The maximum atomic E-state index is 14.4. The molecule has 0 aliphatic rings. The Morgan fingerprint density at radius 3 is 2.24 bits per heavy atom. The van der Waals surface area contributed by atoms with Crippen molar-refractivity contribution < 1.29 is 23.6 Å². The van der Waals surface area contributed by atoms with E-state index in [0.717, 1.165) is 27.4 Å². The van der Waals surface area contributed by atoms with Crippen molar-refractivity contribution in [2.24, 2.45) is 0 Å². The fourth-order valence-corrected chi connectivity index (χ4v) is 3.40. The summed E-state index contributed by atoms with van der Waals surface area (Å²) in [7, 11) is -4.64. The predicted molar refractivity (Wildman–Crippen MR) is 122 cm³/mol. The van der Waals surface area contributed by atoms with E-state index < -0.39 is 7.82 Å². The smallest absolute Gasteiger partial charge is 0.383 e. The van der Waals surface area contributed by atoms with Crippen LogP contribution in [0.4, 0.5) is 10.2 Å². The molecular weight excluding hydrogens is 448 g/mol. The molecule has 0 atom stereocenters. The molecule has 5 rings (SSSR count). The van der Waals surface area contributed by atoms with E-state index >= 15 is 0 Å². The van der Waals surface area contributed by atoms with E-state index in [-0.39, 0.29) is 5.82 Å². The van der Waals surface area contributed by atoms with Crippen LogP contribution in [-0.4, -0.2) is 34.6 Å². The van der Waals surface area contributed by atoms with Crippen molar-refractivity contribution in [2.75, 3.05) is 5.73 Å². The van der Waals surface area contributed by atoms with E-state index in [4.69, 9.17) is 25.0 Å². The van der Waals surface area contributed by atoms with Crippen LogP contribution in [0.3, 0.4) is 0 Å². The highest BCUT2D eigenvalue weighted by Crippen LogP contribution is 2.35. The molecule has 0 bridgehead atoms. The third-order valence-electron chi connectivity index (χ3n) is 4.71. The highest BCUT2D eigenvalue weighted by atomic mass is 31.2. The maximum absolute atomic E-state index is 14.4. The first kappa shape index (κ1) is 22.4. The van der Waals surface area contributed by atoms with Gasteiger partial charge in [0.15, 0.2) is 5.65 Å². The van der Waals surface area contributed by atoms with Crippen molar-refractivity contribution in [3.8, 4) is 22.5 Å². The van der Waals surface area contributed by atoms with Crippen LogP contribution in [0, 0.1) is 5.82 Å². The first-order valence-corrected chi connectivity index (χ1v) is 11.1. The molecule has 0 aliphatic heterocycles. The Balaban J connectivity index is 0.000000471. The SMILES string of the molecule is Nc1nccc2c(-c3cc(-c4ccccc4F)nc4ncccc34)nccc12.O=P(O)(O)O. The fraction of sp³-hybridized carbons (Fsp3) is 0. The number of aromatic nitrogens is 4. The molecule has 0 saturated carbocycles. The standard InChI is InChI=1S/C22H14FN5.H3O4P/c23-18-6-2-1-4-16(18)19-12-17(15-5-3-9-27-22(15)28-19)20-13-7-11-26-21(24)14(13)8-10-25-20;1-5(2,3)4/h1-12H,(H2,24,26);(H3,1,2,3,4). The highest BCUT2D eigenvalue weighted by molar-refractivity contribution is 7.45. The van der Waals surface area contributed by atoms with Gasteiger partial charge in [-0.1, -0.05) is 12.1 Å². The number of fused-ring (bicyclic) bond motifs is 2. The number of hydrogen-bond acceptors (Lipinski definition) is 6. The van der Waals surface area contributed by atoms with Gasteiger partial charge in [-0.25, -0.2) is 23.9 Å². The summed E-state index contributed by atoms with van der Waals surface area (Å²) in [5, 5.41) is 2.51. The van der Waals surface area contributed by atoms with Crippen LogP contribution < -0.4 is 5.73 Å². The zero-order valence-corrected chi connectivity index (χ0v) is 17.8. The molecule has 0 saturated heterocycles. The minimum absolute atomic E-state index is 0.337. The number of nitrogens with two attached hydrogens (primary N) is 1. The van der Waals surface area contributed by atoms with Crippen molar-refractivity contribution in [3.05, 3.63) is 79.0 Å². The van der Waals surface area contributed by atoms with Gasteiger partial charge in [-0.3, -0.25) is 4.98 Å². The Morgan fingerprint density at radius 1 is 0.788 bits per heavy atom. The van der Waals surface area contributed by atoms with Crippen LogP contribution in [0.15, 0.2) is 73.2 Å². The topological polar surface area (TPSA) is 155 Å². The second-order valence-corrected chi connectivity index (χ2v) is 7.90. The quantitative estimate of drug-likeness (QED) is 0.286. The molecule has 4 aromatic heterocycles. The average Bonchev–Trinajstić information content (AvgIpc) is 2.78. The largest absolute Gasteiger partial charge is 0.466 e. The summed E-state index contributed by atoms with van der Waals surface area (Å²) in [6, 6.07) is 15.9. The van der Waals surface area contributed by atoms with Crippen molar-refractivity contribution in [1.82, 2.24) is 19.9 Å².